The Hall–Kier alpha value is -3.24. The number of pyridine rings is 1. The lowest BCUT2D eigenvalue weighted by atomic mass is 10.2. The molecule has 2 aliphatic heterocycles. The van der Waals surface area contributed by atoms with Crippen molar-refractivity contribution >= 4 is 36.1 Å². The van der Waals surface area contributed by atoms with Crippen LogP contribution >= 0.6 is 11.6 Å². The third kappa shape index (κ3) is 16.7. The van der Waals surface area contributed by atoms with E-state index in [-0.39, 0.29) is 17.8 Å². The number of nitrogens with zero attached hydrogens (tertiary/aromatic N) is 3. The molecule has 1 aromatic heterocycles. The van der Waals surface area contributed by atoms with E-state index in [1.54, 1.807) is 28.0 Å². The standard InChI is InChI=1S/C15H23FN2O.C10H12ClN3O.C2H6.CH4O.CH2O/c1-12(16)11-14(9-8-13(2)17-3)18-10-6-4-5-7-15(18)19;11-8-3-4-9(12-7-8)13-10(15)14-5-1-2-6-14;3*1-2/h8-9,11,17H,4-7,10H2,1-3H3;3-4,7H,1-2,5-6H2,(H,12,13,15);1-2H3;2H,1H3;1H2/b12-11+,13-8+,14-9+;;;;. The maximum Gasteiger partial charge on any atom is 0.323 e. The Kier molecular flexibility index (Phi) is 24.1. The number of hydrogen-bond acceptors (Lipinski definition) is 6. The number of hydrogen-bond donors (Lipinski definition) is 3. The van der Waals surface area contributed by atoms with Gasteiger partial charge in [0.15, 0.2) is 0 Å². The molecule has 0 aromatic carbocycles. The van der Waals surface area contributed by atoms with Gasteiger partial charge in [0.05, 0.1) is 10.8 Å². The van der Waals surface area contributed by atoms with E-state index in [1.807, 2.05) is 40.7 Å². The van der Waals surface area contributed by atoms with E-state index in [0.717, 1.165) is 58.0 Å². The minimum atomic E-state index is -0.293. The summed E-state index contributed by atoms with van der Waals surface area (Å²) < 4.78 is 13.2. The van der Waals surface area contributed by atoms with Crippen molar-refractivity contribution in [2.24, 2.45) is 0 Å². The minimum Gasteiger partial charge on any atom is -0.400 e. The van der Waals surface area contributed by atoms with Crippen molar-refractivity contribution in [1.29, 1.82) is 0 Å². The molecule has 3 rings (SSSR count). The number of likely N-dealkylation sites (tertiary alicyclic amines) is 2. The molecular weight excluding hydrogens is 537 g/mol. The van der Waals surface area contributed by atoms with Crippen LogP contribution in [0.1, 0.15) is 66.2 Å². The molecule has 0 spiro atoms. The third-order valence-electron chi connectivity index (χ3n) is 5.49. The predicted molar refractivity (Wildman–Crippen MR) is 162 cm³/mol. The quantitative estimate of drug-likeness (QED) is 0.362. The SMILES string of the molecule is C=O.CC.CN/C(C)=C/C=C(\C=C(/C)F)N1CCCCCC1=O.CO.O=C(Nc1ccc(Cl)cn1)N1CCCC1. The molecule has 1 aromatic rings. The maximum atomic E-state index is 13.2. The topological polar surface area (TPSA) is 115 Å². The van der Waals surface area contributed by atoms with E-state index < -0.39 is 0 Å². The van der Waals surface area contributed by atoms with Gasteiger partial charge in [0.2, 0.25) is 5.91 Å². The molecule has 3 amide bonds. The van der Waals surface area contributed by atoms with Gasteiger partial charge in [-0.05, 0) is 69.9 Å². The molecule has 226 valence electrons. The minimum absolute atomic E-state index is 0.0803. The first-order valence-electron chi connectivity index (χ1n) is 13.4. The Balaban J connectivity index is 0. The molecule has 2 saturated heterocycles. The van der Waals surface area contributed by atoms with Gasteiger partial charge in [-0.15, -0.1) is 0 Å². The highest BCUT2D eigenvalue weighted by molar-refractivity contribution is 6.30. The lowest BCUT2D eigenvalue weighted by Gasteiger charge is -2.21. The summed E-state index contributed by atoms with van der Waals surface area (Å²) in [4.78, 5) is 39.2. The first-order valence-corrected chi connectivity index (χ1v) is 13.8. The maximum absolute atomic E-state index is 13.2. The summed E-state index contributed by atoms with van der Waals surface area (Å²) in [6, 6.07) is 3.31. The highest BCUT2D eigenvalue weighted by Gasteiger charge is 2.19. The highest BCUT2D eigenvalue weighted by atomic mass is 35.5. The third-order valence-corrected chi connectivity index (χ3v) is 5.71. The monoisotopic (exact) mass is 583 g/mol. The Morgan fingerprint density at radius 2 is 1.65 bits per heavy atom. The van der Waals surface area contributed by atoms with Crippen molar-refractivity contribution in [3.8, 4) is 0 Å². The van der Waals surface area contributed by atoms with Crippen molar-refractivity contribution in [3.63, 3.8) is 0 Å². The van der Waals surface area contributed by atoms with Crippen LogP contribution in [0.3, 0.4) is 0 Å². The van der Waals surface area contributed by atoms with Crippen LogP contribution in [-0.2, 0) is 9.59 Å². The van der Waals surface area contributed by atoms with Gasteiger partial charge in [-0.2, -0.15) is 0 Å². The molecule has 0 atom stereocenters. The summed E-state index contributed by atoms with van der Waals surface area (Å²) in [5.74, 6) is 0.326. The fourth-order valence-corrected chi connectivity index (χ4v) is 3.64. The van der Waals surface area contributed by atoms with Crippen LogP contribution in [0.15, 0.2) is 53.8 Å². The average molecular weight is 584 g/mol. The van der Waals surface area contributed by atoms with Crippen LogP contribution in [0.5, 0.6) is 0 Å². The Morgan fingerprint density at radius 3 is 2.17 bits per heavy atom. The number of urea groups is 1. The van der Waals surface area contributed by atoms with E-state index in [0.29, 0.717) is 29.5 Å². The average Bonchev–Trinajstić information content (AvgIpc) is 3.44. The number of carbonyl (C=O) groups excluding carboxylic acids is 3. The number of nitrogens with one attached hydrogen (secondary N) is 2. The summed E-state index contributed by atoms with van der Waals surface area (Å²) >= 11 is 5.69. The zero-order valence-electron chi connectivity index (χ0n) is 24.8. The van der Waals surface area contributed by atoms with Gasteiger partial charge >= 0.3 is 6.03 Å². The zero-order chi connectivity index (χ0) is 30.9. The van der Waals surface area contributed by atoms with E-state index in [4.69, 9.17) is 21.5 Å². The van der Waals surface area contributed by atoms with Crippen LogP contribution in [-0.4, -0.2) is 72.4 Å². The Labute approximate surface area is 244 Å². The first-order chi connectivity index (χ1) is 19.3. The fourth-order valence-electron chi connectivity index (χ4n) is 3.53. The lowest BCUT2D eigenvalue weighted by Crippen LogP contribution is -2.32. The van der Waals surface area contributed by atoms with E-state index >= 15 is 0 Å². The van der Waals surface area contributed by atoms with Gasteiger partial charge < -0.3 is 25.0 Å². The van der Waals surface area contributed by atoms with Gasteiger partial charge in [0.1, 0.15) is 12.6 Å². The smallest absolute Gasteiger partial charge is 0.323 e. The molecule has 3 heterocycles. The van der Waals surface area contributed by atoms with Crippen molar-refractivity contribution in [2.75, 3.05) is 39.1 Å². The largest absolute Gasteiger partial charge is 0.400 e. The molecule has 0 unspecified atom stereocenters. The fraction of sp³-hybridized carbons (Fsp3) is 0.517. The number of aliphatic hydroxyl groups is 1. The van der Waals surface area contributed by atoms with Crippen LogP contribution in [0, 0.1) is 0 Å². The van der Waals surface area contributed by atoms with Gasteiger partial charge in [-0.1, -0.05) is 31.9 Å². The second kappa shape index (κ2) is 24.8. The molecule has 0 aliphatic carbocycles. The summed E-state index contributed by atoms with van der Waals surface area (Å²) in [6.45, 7) is 11.6. The van der Waals surface area contributed by atoms with E-state index in [2.05, 4.69) is 15.6 Å². The number of halogens is 2. The molecule has 11 heteroatoms. The lowest BCUT2D eigenvalue weighted by molar-refractivity contribution is -0.128. The Bertz CT molecular complexity index is 929. The summed E-state index contributed by atoms with van der Waals surface area (Å²) in [6.07, 6.45) is 12.2. The normalized spacial score (nSPS) is 15.4. The highest BCUT2D eigenvalue weighted by Crippen LogP contribution is 2.19. The van der Waals surface area contributed by atoms with Gasteiger partial charge in [0.25, 0.3) is 0 Å². The molecule has 9 nitrogen and oxygen atoms in total. The van der Waals surface area contributed by atoms with Crippen LogP contribution < -0.4 is 10.6 Å². The number of rotatable bonds is 5. The van der Waals surface area contributed by atoms with Crippen LogP contribution in [0.4, 0.5) is 15.0 Å². The molecular formula is C29H47ClFN5O4. The number of allylic oxidation sites excluding steroid dienone is 5. The van der Waals surface area contributed by atoms with Crippen molar-refractivity contribution in [3.05, 3.63) is 58.8 Å². The number of anilines is 1. The van der Waals surface area contributed by atoms with Crippen LogP contribution in [0.25, 0.3) is 0 Å². The van der Waals surface area contributed by atoms with Crippen molar-refractivity contribution in [1.82, 2.24) is 20.1 Å². The first kappa shape index (κ1) is 38.9. The van der Waals surface area contributed by atoms with E-state index in [1.165, 1.54) is 19.2 Å². The summed E-state index contributed by atoms with van der Waals surface area (Å²) in [5.41, 5.74) is 1.59. The second-order valence-corrected chi connectivity index (χ2v) is 8.70. The molecule has 3 N–H and O–H groups in total. The molecule has 40 heavy (non-hydrogen) atoms. The Morgan fingerprint density at radius 1 is 1.05 bits per heavy atom. The van der Waals surface area contributed by atoms with Crippen molar-refractivity contribution < 1.29 is 23.9 Å². The van der Waals surface area contributed by atoms with E-state index in [9.17, 15) is 14.0 Å². The number of aromatic nitrogens is 1. The summed E-state index contributed by atoms with van der Waals surface area (Å²) in [5, 5.41) is 13.3. The number of aliphatic hydroxyl groups excluding tert-OH is 1. The molecule has 0 radical (unpaired) electrons. The predicted octanol–water partition coefficient (Wildman–Crippen LogP) is 6.08. The van der Waals surface area contributed by atoms with Gasteiger partial charge in [0, 0.05) is 57.8 Å². The van der Waals surface area contributed by atoms with Gasteiger partial charge in [-0.3, -0.25) is 10.1 Å². The molecule has 0 saturated carbocycles. The second-order valence-electron chi connectivity index (χ2n) is 8.26. The number of amides is 3. The summed E-state index contributed by atoms with van der Waals surface area (Å²) in [7, 11) is 2.83. The van der Waals surface area contributed by atoms with Crippen LogP contribution in [0.2, 0.25) is 5.02 Å². The van der Waals surface area contributed by atoms with Crippen molar-refractivity contribution in [2.45, 2.75) is 66.2 Å². The molecule has 0 bridgehead atoms. The molecule has 2 fully saturated rings. The molecule has 2 aliphatic rings. The zero-order valence-corrected chi connectivity index (χ0v) is 25.6. The number of carbonyl (C=O) groups is 3. The van der Waals surface area contributed by atoms with Gasteiger partial charge in [-0.25, -0.2) is 14.2 Å².